The van der Waals surface area contributed by atoms with Gasteiger partial charge in [-0.2, -0.15) is 0 Å². The molecule has 1 aliphatic heterocycles. The van der Waals surface area contributed by atoms with E-state index in [2.05, 4.69) is 16.0 Å². The maximum Gasteiger partial charge on any atom is 0.253 e. The van der Waals surface area contributed by atoms with Crippen LogP contribution in [0.2, 0.25) is 0 Å². The molecule has 1 aromatic rings. The second-order valence-corrected chi connectivity index (χ2v) is 4.74. The molecule has 1 heterocycles. The molecule has 1 fully saturated rings. The number of amides is 2. The molecular formula is C14H19N3O2. The van der Waals surface area contributed by atoms with Crippen LogP contribution in [0.15, 0.2) is 24.3 Å². The molecule has 1 atom stereocenters. The molecule has 5 heteroatoms. The Bertz CT molecular complexity index is 468. The molecule has 1 aliphatic rings. The molecule has 0 radical (unpaired) electrons. The molecular weight excluding hydrogens is 242 g/mol. The van der Waals surface area contributed by atoms with Gasteiger partial charge >= 0.3 is 0 Å². The van der Waals surface area contributed by atoms with E-state index in [0.717, 1.165) is 19.5 Å². The van der Waals surface area contributed by atoms with Crippen LogP contribution < -0.4 is 16.0 Å². The molecule has 0 spiro atoms. The summed E-state index contributed by atoms with van der Waals surface area (Å²) in [7, 11) is 1.57. The fourth-order valence-electron chi connectivity index (χ4n) is 2.28. The summed E-state index contributed by atoms with van der Waals surface area (Å²) in [4.78, 5) is 23.6. The van der Waals surface area contributed by atoms with Crippen LogP contribution in [-0.2, 0) is 4.79 Å². The average molecular weight is 261 g/mol. The molecule has 0 aromatic heterocycles. The van der Waals surface area contributed by atoms with Gasteiger partial charge in [0.15, 0.2) is 0 Å². The molecule has 0 aliphatic carbocycles. The highest BCUT2D eigenvalue weighted by atomic mass is 16.2. The Morgan fingerprint density at radius 1 is 1.37 bits per heavy atom. The fraction of sp³-hybridized carbons (Fsp3) is 0.429. The lowest BCUT2D eigenvalue weighted by Gasteiger charge is -2.12. The Morgan fingerprint density at radius 2 is 2.16 bits per heavy atom. The van der Waals surface area contributed by atoms with E-state index in [-0.39, 0.29) is 11.8 Å². The summed E-state index contributed by atoms with van der Waals surface area (Å²) in [6.45, 7) is 1.87. The Labute approximate surface area is 112 Å². The first kappa shape index (κ1) is 13.5. The number of nitrogens with one attached hydrogen (secondary N) is 3. The normalized spacial score (nSPS) is 18.1. The maximum absolute atomic E-state index is 12.0. The van der Waals surface area contributed by atoms with E-state index in [0.29, 0.717) is 23.6 Å². The lowest BCUT2D eigenvalue weighted by Crippen LogP contribution is -2.23. The van der Waals surface area contributed by atoms with Crippen LogP contribution in [0.4, 0.5) is 5.69 Å². The largest absolute Gasteiger partial charge is 0.355 e. The first-order valence-corrected chi connectivity index (χ1v) is 6.52. The third-order valence-electron chi connectivity index (χ3n) is 3.31. The van der Waals surface area contributed by atoms with Gasteiger partial charge in [-0.1, -0.05) is 12.1 Å². The second kappa shape index (κ2) is 6.33. The fourth-order valence-corrected chi connectivity index (χ4v) is 2.28. The third-order valence-corrected chi connectivity index (χ3v) is 3.31. The van der Waals surface area contributed by atoms with Crippen LogP contribution in [0.5, 0.6) is 0 Å². The van der Waals surface area contributed by atoms with Gasteiger partial charge in [0.2, 0.25) is 5.91 Å². The van der Waals surface area contributed by atoms with E-state index in [1.165, 1.54) is 0 Å². The Hall–Kier alpha value is -1.88. The molecule has 1 aromatic carbocycles. The van der Waals surface area contributed by atoms with E-state index < -0.39 is 0 Å². The predicted octanol–water partition coefficient (Wildman–Crippen LogP) is 0.984. The van der Waals surface area contributed by atoms with Crippen LogP contribution in [0, 0.1) is 5.92 Å². The van der Waals surface area contributed by atoms with Gasteiger partial charge in [-0.15, -0.1) is 0 Å². The molecule has 1 saturated heterocycles. The zero-order chi connectivity index (χ0) is 13.7. The summed E-state index contributed by atoms with van der Waals surface area (Å²) in [5.41, 5.74) is 1.06. The van der Waals surface area contributed by atoms with Gasteiger partial charge in [-0.05, 0) is 37.6 Å². The Kier molecular flexibility index (Phi) is 4.52. The highest BCUT2D eigenvalue weighted by Crippen LogP contribution is 2.17. The van der Waals surface area contributed by atoms with E-state index in [1.54, 1.807) is 31.3 Å². The molecule has 5 nitrogen and oxygen atoms in total. The summed E-state index contributed by atoms with van der Waals surface area (Å²) < 4.78 is 0. The van der Waals surface area contributed by atoms with Crippen molar-refractivity contribution >= 4 is 17.5 Å². The van der Waals surface area contributed by atoms with E-state index in [9.17, 15) is 9.59 Å². The van der Waals surface area contributed by atoms with Crippen molar-refractivity contribution in [2.45, 2.75) is 12.8 Å². The molecule has 3 N–H and O–H groups in total. The van der Waals surface area contributed by atoms with Crippen LogP contribution in [0.25, 0.3) is 0 Å². The van der Waals surface area contributed by atoms with Gasteiger partial charge in [0.25, 0.3) is 5.91 Å². The average Bonchev–Trinajstić information content (AvgIpc) is 2.91. The van der Waals surface area contributed by atoms with Crippen LogP contribution in [-0.4, -0.2) is 32.0 Å². The van der Waals surface area contributed by atoms with Crippen molar-refractivity contribution in [1.29, 1.82) is 0 Å². The summed E-state index contributed by atoms with van der Waals surface area (Å²) in [6.07, 6.45) is 1.53. The number of hydrogen-bond acceptors (Lipinski definition) is 3. The van der Waals surface area contributed by atoms with Crippen LogP contribution in [0.1, 0.15) is 23.2 Å². The van der Waals surface area contributed by atoms with Crippen LogP contribution in [0.3, 0.4) is 0 Å². The minimum atomic E-state index is -0.196. The minimum absolute atomic E-state index is 0.0370. The molecule has 1 unspecified atom stereocenters. The number of carbonyl (C=O) groups is 2. The molecule has 19 heavy (non-hydrogen) atoms. The zero-order valence-electron chi connectivity index (χ0n) is 11.0. The van der Waals surface area contributed by atoms with Crippen molar-refractivity contribution in [3.63, 3.8) is 0 Å². The molecule has 0 saturated carbocycles. The van der Waals surface area contributed by atoms with Gasteiger partial charge < -0.3 is 16.0 Å². The monoisotopic (exact) mass is 261 g/mol. The standard InChI is InChI=1S/C14H19N3O2/c1-15-14(19)11-4-2-3-5-12(11)17-13(18)8-10-6-7-16-9-10/h2-5,10,16H,6-9H2,1H3,(H,15,19)(H,17,18). The summed E-state index contributed by atoms with van der Waals surface area (Å²) in [5.74, 6) is 0.163. The zero-order valence-corrected chi connectivity index (χ0v) is 11.0. The van der Waals surface area contributed by atoms with E-state index in [4.69, 9.17) is 0 Å². The van der Waals surface area contributed by atoms with Crippen molar-refractivity contribution in [1.82, 2.24) is 10.6 Å². The SMILES string of the molecule is CNC(=O)c1ccccc1NC(=O)CC1CCNC1. The number of hydrogen-bond donors (Lipinski definition) is 3. The Balaban J connectivity index is 2.01. The van der Waals surface area contributed by atoms with Gasteiger partial charge in [0.05, 0.1) is 11.3 Å². The number of carbonyl (C=O) groups excluding carboxylic acids is 2. The third kappa shape index (κ3) is 3.54. The topological polar surface area (TPSA) is 70.2 Å². The van der Waals surface area contributed by atoms with Crippen molar-refractivity contribution in [2.75, 3.05) is 25.5 Å². The molecule has 102 valence electrons. The van der Waals surface area contributed by atoms with Gasteiger partial charge in [0.1, 0.15) is 0 Å². The number of para-hydroxylation sites is 1. The highest BCUT2D eigenvalue weighted by Gasteiger charge is 2.19. The summed E-state index contributed by atoms with van der Waals surface area (Å²) in [5, 5.41) is 8.63. The van der Waals surface area contributed by atoms with Gasteiger partial charge in [-0.3, -0.25) is 9.59 Å². The second-order valence-electron chi connectivity index (χ2n) is 4.74. The summed E-state index contributed by atoms with van der Waals surface area (Å²) in [6, 6.07) is 7.03. The first-order valence-electron chi connectivity index (χ1n) is 6.52. The lowest BCUT2D eigenvalue weighted by molar-refractivity contribution is -0.116. The first-order chi connectivity index (χ1) is 9.20. The Morgan fingerprint density at radius 3 is 2.84 bits per heavy atom. The van der Waals surface area contributed by atoms with Crippen molar-refractivity contribution < 1.29 is 9.59 Å². The van der Waals surface area contributed by atoms with Crippen molar-refractivity contribution in [2.24, 2.45) is 5.92 Å². The number of anilines is 1. The molecule has 0 bridgehead atoms. The highest BCUT2D eigenvalue weighted by molar-refractivity contribution is 6.03. The van der Waals surface area contributed by atoms with E-state index in [1.807, 2.05) is 0 Å². The maximum atomic E-state index is 12.0. The van der Waals surface area contributed by atoms with Crippen molar-refractivity contribution in [3.05, 3.63) is 29.8 Å². The van der Waals surface area contributed by atoms with Crippen molar-refractivity contribution in [3.8, 4) is 0 Å². The van der Waals surface area contributed by atoms with E-state index >= 15 is 0 Å². The molecule has 2 rings (SSSR count). The molecule has 2 amide bonds. The quantitative estimate of drug-likeness (QED) is 0.757. The number of benzene rings is 1. The van der Waals surface area contributed by atoms with Gasteiger partial charge in [0, 0.05) is 13.5 Å². The summed E-state index contributed by atoms with van der Waals surface area (Å²) >= 11 is 0. The minimum Gasteiger partial charge on any atom is -0.355 e. The number of rotatable bonds is 4. The lowest BCUT2D eigenvalue weighted by atomic mass is 10.0. The van der Waals surface area contributed by atoms with Gasteiger partial charge in [-0.25, -0.2) is 0 Å². The predicted molar refractivity (Wildman–Crippen MR) is 74.1 cm³/mol. The smallest absolute Gasteiger partial charge is 0.253 e. The van der Waals surface area contributed by atoms with Crippen LogP contribution >= 0.6 is 0 Å².